The summed E-state index contributed by atoms with van der Waals surface area (Å²) < 4.78 is 9.99. The Kier molecular flexibility index (Phi) is 6.80. The molecule has 0 aromatic carbocycles. The smallest absolute Gasteiger partial charge is 0.306 e. The number of hydrogen-bond donors (Lipinski definition) is 1. The van der Waals surface area contributed by atoms with Crippen LogP contribution in [0, 0.1) is 0 Å². The zero-order valence-corrected chi connectivity index (χ0v) is 11.3. The van der Waals surface area contributed by atoms with E-state index in [9.17, 15) is 9.59 Å². The van der Waals surface area contributed by atoms with Crippen molar-refractivity contribution in [1.29, 1.82) is 0 Å². The summed E-state index contributed by atoms with van der Waals surface area (Å²) in [5.41, 5.74) is -0.503. The van der Waals surface area contributed by atoms with Crippen LogP contribution in [0.15, 0.2) is 0 Å². The zero-order valence-electron chi connectivity index (χ0n) is 11.3. The van der Waals surface area contributed by atoms with Gasteiger partial charge in [0.05, 0.1) is 13.0 Å². The first-order valence-electron chi connectivity index (χ1n) is 5.74. The Hall–Kier alpha value is -1.10. The number of amides is 1. The van der Waals surface area contributed by atoms with E-state index in [1.54, 1.807) is 27.9 Å². The first-order valence-corrected chi connectivity index (χ1v) is 5.74. The molecule has 0 aliphatic rings. The lowest BCUT2D eigenvalue weighted by molar-refractivity contribution is -0.155. The highest BCUT2D eigenvalue weighted by atomic mass is 16.6. The Bertz CT molecular complexity index is 258. The van der Waals surface area contributed by atoms with E-state index in [0.717, 1.165) is 0 Å². The fourth-order valence-electron chi connectivity index (χ4n) is 1.25. The number of rotatable bonds is 6. The number of hydrogen-bond acceptors (Lipinski definition) is 4. The van der Waals surface area contributed by atoms with Gasteiger partial charge in [0.15, 0.2) is 0 Å². The first kappa shape index (κ1) is 15.9. The number of ether oxygens (including phenoxy) is 2. The van der Waals surface area contributed by atoms with Crippen LogP contribution in [0.4, 0.5) is 0 Å². The van der Waals surface area contributed by atoms with Crippen molar-refractivity contribution in [2.24, 2.45) is 0 Å². The zero-order chi connectivity index (χ0) is 13.5. The third-order valence-electron chi connectivity index (χ3n) is 1.80. The molecule has 0 aliphatic carbocycles. The highest BCUT2D eigenvalue weighted by Crippen LogP contribution is 2.09. The van der Waals surface area contributed by atoms with Crippen LogP contribution in [0.2, 0.25) is 0 Å². The molecule has 0 radical (unpaired) electrons. The molecule has 0 fully saturated rings. The van der Waals surface area contributed by atoms with Crippen molar-refractivity contribution < 1.29 is 19.1 Å². The average Bonchev–Trinajstić information content (AvgIpc) is 2.12. The molecule has 1 N–H and O–H groups in total. The SMILES string of the molecule is COCC(C)NC(=O)CCC(=O)OC(C)(C)C. The lowest BCUT2D eigenvalue weighted by atomic mass is 10.2. The molecule has 0 aromatic heterocycles. The Labute approximate surface area is 103 Å². The number of carbonyl (C=O) groups is 2. The number of carbonyl (C=O) groups excluding carboxylic acids is 2. The summed E-state index contributed by atoms with van der Waals surface area (Å²) in [5.74, 6) is -0.521. The van der Waals surface area contributed by atoms with E-state index in [-0.39, 0.29) is 30.8 Å². The molecule has 1 atom stereocenters. The molecule has 0 aliphatic heterocycles. The fourth-order valence-corrected chi connectivity index (χ4v) is 1.25. The maximum atomic E-state index is 11.4. The third kappa shape index (κ3) is 9.81. The van der Waals surface area contributed by atoms with Crippen LogP contribution in [-0.4, -0.2) is 37.2 Å². The minimum absolute atomic E-state index is 0.0499. The normalized spacial score (nSPS) is 13.0. The second-order valence-corrected chi connectivity index (χ2v) is 5.01. The molecule has 5 heteroatoms. The van der Waals surface area contributed by atoms with Crippen molar-refractivity contribution in [3.63, 3.8) is 0 Å². The molecule has 0 saturated carbocycles. The van der Waals surface area contributed by atoms with Gasteiger partial charge in [0.1, 0.15) is 5.60 Å². The molecule has 100 valence electrons. The van der Waals surface area contributed by atoms with Gasteiger partial charge in [-0.2, -0.15) is 0 Å². The monoisotopic (exact) mass is 245 g/mol. The topological polar surface area (TPSA) is 64.6 Å². The largest absolute Gasteiger partial charge is 0.460 e. The Morgan fingerprint density at radius 1 is 1.24 bits per heavy atom. The summed E-state index contributed by atoms with van der Waals surface area (Å²) in [5, 5.41) is 2.73. The lowest BCUT2D eigenvalue weighted by Gasteiger charge is -2.19. The predicted octanol–water partition coefficient (Wildman–Crippen LogP) is 1.26. The van der Waals surface area contributed by atoms with Gasteiger partial charge in [-0.15, -0.1) is 0 Å². The Morgan fingerprint density at radius 3 is 2.29 bits per heavy atom. The lowest BCUT2D eigenvalue weighted by Crippen LogP contribution is -2.36. The highest BCUT2D eigenvalue weighted by molar-refractivity contribution is 5.81. The molecule has 1 amide bonds. The van der Waals surface area contributed by atoms with Crippen LogP contribution >= 0.6 is 0 Å². The van der Waals surface area contributed by atoms with Gasteiger partial charge in [-0.05, 0) is 27.7 Å². The van der Waals surface area contributed by atoms with E-state index in [2.05, 4.69) is 5.32 Å². The van der Waals surface area contributed by atoms with Crippen molar-refractivity contribution in [3.8, 4) is 0 Å². The molecule has 0 spiro atoms. The summed E-state index contributed by atoms with van der Waals surface area (Å²) in [4.78, 5) is 22.8. The molecule has 0 bridgehead atoms. The van der Waals surface area contributed by atoms with Crippen LogP contribution in [0.25, 0.3) is 0 Å². The summed E-state index contributed by atoms with van der Waals surface area (Å²) >= 11 is 0. The van der Waals surface area contributed by atoms with Crippen LogP contribution in [0.3, 0.4) is 0 Å². The van der Waals surface area contributed by atoms with Gasteiger partial charge >= 0.3 is 5.97 Å². The highest BCUT2D eigenvalue weighted by Gasteiger charge is 2.17. The number of methoxy groups -OCH3 is 1. The van der Waals surface area contributed by atoms with Crippen molar-refractivity contribution in [1.82, 2.24) is 5.32 Å². The molecule has 1 unspecified atom stereocenters. The maximum Gasteiger partial charge on any atom is 0.306 e. The van der Waals surface area contributed by atoms with Gasteiger partial charge in [-0.1, -0.05) is 0 Å². The summed E-state index contributed by atoms with van der Waals surface area (Å²) in [6.45, 7) is 7.69. The van der Waals surface area contributed by atoms with E-state index in [0.29, 0.717) is 6.61 Å². The van der Waals surface area contributed by atoms with E-state index >= 15 is 0 Å². The molecule has 0 aromatic rings. The molecule has 0 heterocycles. The molecule has 17 heavy (non-hydrogen) atoms. The number of nitrogens with one attached hydrogen (secondary N) is 1. The van der Waals surface area contributed by atoms with Gasteiger partial charge in [0, 0.05) is 19.6 Å². The molecular weight excluding hydrogens is 222 g/mol. The third-order valence-corrected chi connectivity index (χ3v) is 1.80. The van der Waals surface area contributed by atoms with Crippen LogP contribution in [-0.2, 0) is 19.1 Å². The predicted molar refractivity (Wildman–Crippen MR) is 64.6 cm³/mol. The van der Waals surface area contributed by atoms with Crippen molar-refractivity contribution in [3.05, 3.63) is 0 Å². The molecule has 5 nitrogen and oxygen atoms in total. The summed E-state index contributed by atoms with van der Waals surface area (Å²) in [6, 6.07) is -0.0499. The Morgan fingerprint density at radius 2 is 1.82 bits per heavy atom. The maximum absolute atomic E-state index is 11.4. The molecular formula is C12H23NO4. The van der Waals surface area contributed by atoms with Crippen LogP contribution in [0.1, 0.15) is 40.5 Å². The first-order chi connectivity index (χ1) is 7.74. The van der Waals surface area contributed by atoms with Gasteiger partial charge in [0.25, 0.3) is 0 Å². The van der Waals surface area contributed by atoms with E-state index in [1.807, 2.05) is 6.92 Å². The van der Waals surface area contributed by atoms with Crippen molar-refractivity contribution in [2.75, 3.05) is 13.7 Å². The minimum Gasteiger partial charge on any atom is -0.460 e. The van der Waals surface area contributed by atoms with Crippen molar-refractivity contribution >= 4 is 11.9 Å². The quantitative estimate of drug-likeness (QED) is 0.715. The minimum atomic E-state index is -0.503. The molecule has 0 saturated heterocycles. The van der Waals surface area contributed by atoms with Gasteiger partial charge in [0.2, 0.25) is 5.91 Å². The van der Waals surface area contributed by atoms with E-state index in [4.69, 9.17) is 9.47 Å². The standard InChI is InChI=1S/C12H23NO4/c1-9(8-16-5)13-10(14)6-7-11(15)17-12(2,3)4/h9H,6-8H2,1-5H3,(H,13,14). The van der Waals surface area contributed by atoms with E-state index in [1.165, 1.54) is 0 Å². The summed E-state index contributed by atoms with van der Waals surface area (Å²) in [6.07, 6.45) is 0.242. The van der Waals surface area contributed by atoms with Gasteiger partial charge < -0.3 is 14.8 Å². The van der Waals surface area contributed by atoms with Crippen LogP contribution in [0.5, 0.6) is 0 Å². The Balaban J connectivity index is 3.81. The van der Waals surface area contributed by atoms with Gasteiger partial charge in [-0.25, -0.2) is 0 Å². The van der Waals surface area contributed by atoms with E-state index < -0.39 is 5.60 Å². The second-order valence-electron chi connectivity index (χ2n) is 5.01. The van der Waals surface area contributed by atoms with Crippen molar-refractivity contribution in [2.45, 2.75) is 52.2 Å². The average molecular weight is 245 g/mol. The second kappa shape index (κ2) is 7.27. The molecule has 0 rings (SSSR count). The fraction of sp³-hybridized carbons (Fsp3) is 0.833. The van der Waals surface area contributed by atoms with Gasteiger partial charge in [-0.3, -0.25) is 9.59 Å². The number of esters is 1. The van der Waals surface area contributed by atoms with Crippen LogP contribution < -0.4 is 5.32 Å². The summed E-state index contributed by atoms with van der Waals surface area (Å²) in [7, 11) is 1.57.